The van der Waals surface area contributed by atoms with Gasteiger partial charge in [0.25, 0.3) is 0 Å². The number of aryl methyl sites for hydroxylation is 4. The van der Waals surface area contributed by atoms with Crippen molar-refractivity contribution in [3.8, 4) is 0 Å². The average Bonchev–Trinajstić information content (AvgIpc) is 2.62. The van der Waals surface area contributed by atoms with Gasteiger partial charge in [0.2, 0.25) is 5.13 Å². The summed E-state index contributed by atoms with van der Waals surface area (Å²) >= 11 is 1.59. The molecule has 0 saturated heterocycles. The van der Waals surface area contributed by atoms with Gasteiger partial charge in [-0.3, -0.25) is 0 Å². The molecule has 1 aromatic carbocycles. The topological polar surface area (TPSA) is 37.8 Å². The monoisotopic (exact) mass is 247 g/mol. The van der Waals surface area contributed by atoms with Crippen LogP contribution in [0, 0.1) is 27.7 Å². The predicted octanol–water partition coefficient (Wildman–Crippen LogP) is 3.38. The van der Waals surface area contributed by atoms with Crippen molar-refractivity contribution in [3.63, 3.8) is 0 Å². The quantitative estimate of drug-likeness (QED) is 0.903. The Kier molecular flexibility index (Phi) is 3.43. The average molecular weight is 247 g/mol. The van der Waals surface area contributed by atoms with Crippen molar-refractivity contribution in [2.45, 2.75) is 34.2 Å². The Bertz CT molecular complexity index is 508. The van der Waals surface area contributed by atoms with Gasteiger partial charge < -0.3 is 5.32 Å². The number of anilines is 1. The third-order valence-electron chi connectivity index (χ3n) is 2.78. The number of aromatic nitrogens is 2. The van der Waals surface area contributed by atoms with E-state index in [1.165, 1.54) is 22.3 Å². The van der Waals surface area contributed by atoms with Gasteiger partial charge in [-0.05, 0) is 44.4 Å². The smallest absolute Gasteiger partial charge is 0.205 e. The van der Waals surface area contributed by atoms with Crippen LogP contribution in [-0.2, 0) is 6.54 Å². The Hall–Kier alpha value is -1.42. The molecule has 1 heterocycles. The third-order valence-corrected chi connectivity index (χ3v) is 3.58. The molecule has 0 amide bonds. The van der Waals surface area contributed by atoms with Gasteiger partial charge in [-0.2, -0.15) is 0 Å². The Balaban J connectivity index is 2.14. The Morgan fingerprint density at radius 3 is 2.24 bits per heavy atom. The number of benzene rings is 1. The fraction of sp³-hybridized carbons (Fsp3) is 0.385. The lowest BCUT2D eigenvalue weighted by molar-refractivity contribution is 1.01. The van der Waals surface area contributed by atoms with Crippen LogP contribution in [0.4, 0.5) is 5.13 Å². The van der Waals surface area contributed by atoms with Gasteiger partial charge in [-0.1, -0.05) is 29.0 Å². The fourth-order valence-electron chi connectivity index (χ4n) is 2.02. The van der Waals surface area contributed by atoms with Crippen LogP contribution >= 0.6 is 11.3 Å². The molecule has 0 fully saturated rings. The molecule has 0 atom stereocenters. The summed E-state index contributed by atoms with van der Waals surface area (Å²) in [6.45, 7) is 9.22. The first-order chi connectivity index (χ1) is 8.06. The highest BCUT2D eigenvalue weighted by molar-refractivity contribution is 7.15. The van der Waals surface area contributed by atoms with Crippen molar-refractivity contribution in [1.29, 1.82) is 0 Å². The minimum atomic E-state index is 0.812. The summed E-state index contributed by atoms with van der Waals surface area (Å²) in [6, 6.07) is 4.44. The van der Waals surface area contributed by atoms with E-state index in [4.69, 9.17) is 0 Å². The molecule has 0 saturated carbocycles. The van der Waals surface area contributed by atoms with Crippen LogP contribution < -0.4 is 5.32 Å². The molecular formula is C13H17N3S. The lowest BCUT2D eigenvalue weighted by Gasteiger charge is -2.11. The van der Waals surface area contributed by atoms with Crippen LogP contribution in [0.5, 0.6) is 0 Å². The molecule has 1 N–H and O–H groups in total. The standard InChI is InChI=1S/C13H17N3S/c1-8-5-9(2)12(10(3)6-8)7-14-13-16-15-11(4)17-13/h5-6H,7H2,1-4H3,(H,14,16). The Labute approximate surface area is 106 Å². The summed E-state index contributed by atoms with van der Waals surface area (Å²) in [7, 11) is 0. The highest BCUT2D eigenvalue weighted by Gasteiger charge is 2.05. The maximum Gasteiger partial charge on any atom is 0.205 e. The summed E-state index contributed by atoms with van der Waals surface area (Å²) < 4.78 is 0. The summed E-state index contributed by atoms with van der Waals surface area (Å²) in [5.74, 6) is 0. The molecule has 2 rings (SSSR count). The van der Waals surface area contributed by atoms with E-state index in [2.05, 4.69) is 48.4 Å². The minimum absolute atomic E-state index is 0.812. The maximum absolute atomic E-state index is 4.07. The van der Waals surface area contributed by atoms with Crippen molar-refractivity contribution in [3.05, 3.63) is 39.4 Å². The second-order valence-electron chi connectivity index (χ2n) is 4.36. The van der Waals surface area contributed by atoms with Gasteiger partial charge in [-0.15, -0.1) is 10.2 Å². The third kappa shape index (κ3) is 2.82. The van der Waals surface area contributed by atoms with E-state index in [1.54, 1.807) is 11.3 Å². The molecule has 0 spiro atoms. The number of hydrogen-bond acceptors (Lipinski definition) is 4. The van der Waals surface area contributed by atoms with Crippen molar-refractivity contribution < 1.29 is 0 Å². The van der Waals surface area contributed by atoms with E-state index in [1.807, 2.05) is 6.92 Å². The van der Waals surface area contributed by atoms with Crippen LogP contribution in [0.15, 0.2) is 12.1 Å². The van der Waals surface area contributed by atoms with Gasteiger partial charge in [0.1, 0.15) is 5.01 Å². The minimum Gasteiger partial charge on any atom is -0.356 e. The predicted molar refractivity (Wildman–Crippen MR) is 72.6 cm³/mol. The SMILES string of the molecule is Cc1cc(C)c(CNc2nnc(C)s2)c(C)c1. The van der Waals surface area contributed by atoms with Crippen molar-refractivity contribution in [1.82, 2.24) is 10.2 Å². The van der Waals surface area contributed by atoms with E-state index in [-0.39, 0.29) is 0 Å². The van der Waals surface area contributed by atoms with Crippen LogP contribution in [0.3, 0.4) is 0 Å². The lowest BCUT2D eigenvalue weighted by atomic mass is 10.00. The van der Waals surface area contributed by atoms with E-state index in [0.717, 1.165) is 16.7 Å². The van der Waals surface area contributed by atoms with Gasteiger partial charge in [0, 0.05) is 6.54 Å². The fourth-order valence-corrected chi connectivity index (χ4v) is 2.61. The number of hydrogen-bond donors (Lipinski definition) is 1. The van der Waals surface area contributed by atoms with E-state index in [0.29, 0.717) is 0 Å². The molecule has 0 bridgehead atoms. The number of nitrogens with one attached hydrogen (secondary N) is 1. The first kappa shape index (κ1) is 12.0. The van der Waals surface area contributed by atoms with Crippen LogP contribution in [-0.4, -0.2) is 10.2 Å². The molecular weight excluding hydrogens is 230 g/mol. The summed E-state index contributed by atoms with van der Waals surface area (Å²) in [6.07, 6.45) is 0. The highest BCUT2D eigenvalue weighted by atomic mass is 32.1. The molecule has 0 unspecified atom stereocenters. The first-order valence-electron chi connectivity index (χ1n) is 5.67. The molecule has 0 aliphatic heterocycles. The molecule has 0 aliphatic carbocycles. The van der Waals surface area contributed by atoms with Gasteiger partial charge in [0.05, 0.1) is 0 Å². The largest absolute Gasteiger partial charge is 0.356 e. The summed E-state index contributed by atoms with van der Waals surface area (Å²) in [5.41, 5.74) is 5.33. The molecule has 17 heavy (non-hydrogen) atoms. The highest BCUT2D eigenvalue weighted by Crippen LogP contribution is 2.19. The number of rotatable bonds is 3. The summed E-state index contributed by atoms with van der Waals surface area (Å²) in [5, 5.41) is 13.3. The normalized spacial score (nSPS) is 10.6. The zero-order chi connectivity index (χ0) is 12.4. The van der Waals surface area contributed by atoms with Gasteiger partial charge in [0.15, 0.2) is 0 Å². The molecule has 3 nitrogen and oxygen atoms in total. The van der Waals surface area contributed by atoms with E-state index >= 15 is 0 Å². The van der Waals surface area contributed by atoms with Gasteiger partial charge in [-0.25, -0.2) is 0 Å². The first-order valence-corrected chi connectivity index (χ1v) is 6.48. The molecule has 0 radical (unpaired) electrons. The van der Waals surface area contributed by atoms with Crippen LogP contribution in [0.2, 0.25) is 0 Å². The number of nitrogens with zero attached hydrogens (tertiary/aromatic N) is 2. The lowest BCUT2D eigenvalue weighted by Crippen LogP contribution is -2.03. The van der Waals surface area contributed by atoms with E-state index < -0.39 is 0 Å². The Morgan fingerprint density at radius 2 is 1.71 bits per heavy atom. The second-order valence-corrected chi connectivity index (χ2v) is 5.54. The molecule has 1 aromatic heterocycles. The second kappa shape index (κ2) is 4.84. The van der Waals surface area contributed by atoms with Crippen LogP contribution in [0.25, 0.3) is 0 Å². The van der Waals surface area contributed by atoms with E-state index in [9.17, 15) is 0 Å². The van der Waals surface area contributed by atoms with Crippen molar-refractivity contribution in [2.75, 3.05) is 5.32 Å². The van der Waals surface area contributed by atoms with Crippen molar-refractivity contribution >= 4 is 16.5 Å². The molecule has 4 heteroatoms. The zero-order valence-corrected chi connectivity index (χ0v) is 11.5. The molecule has 0 aliphatic rings. The zero-order valence-electron chi connectivity index (χ0n) is 10.7. The molecule has 2 aromatic rings. The van der Waals surface area contributed by atoms with Crippen molar-refractivity contribution in [2.24, 2.45) is 0 Å². The maximum atomic E-state index is 4.07. The summed E-state index contributed by atoms with van der Waals surface area (Å²) in [4.78, 5) is 0. The molecule has 90 valence electrons. The van der Waals surface area contributed by atoms with Crippen LogP contribution in [0.1, 0.15) is 27.3 Å². The van der Waals surface area contributed by atoms with Gasteiger partial charge >= 0.3 is 0 Å². The Morgan fingerprint density at radius 1 is 1.06 bits per heavy atom.